The number of aromatic nitrogens is 1. The molecule has 1 aliphatic heterocycles. The lowest BCUT2D eigenvalue weighted by molar-refractivity contribution is 0.0236. The van der Waals surface area contributed by atoms with Gasteiger partial charge in [-0.3, -0.25) is 9.88 Å². The summed E-state index contributed by atoms with van der Waals surface area (Å²) in [7, 11) is 0. The number of phenolic OH excluding ortho intramolecular Hbond substituents is 1. The van der Waals surface area contributed by atoms with Gasteiger partial charge in [-0.25, -0.2) is 0 Å². The van der Waals surface area contributed by atoms with Gasteiger partial charge in [0, 0.05) is 40.3 Å². The van der Waals surface area contributed by atoms with E-state index in [0.717, 1.165) is 5.56 Å². The first-order valence-electron chi connectivity index (χ1n) is 8.59. The molecule has 140 valence electrons. The van der Waals surface area contributed by atoms with Crippen molar-refractivity contribution in [3.63, 3.8) is 0 Å². The van der Waals surface area contributed by atoms with Gasteiger partial charge in [0.25, 0.3) is 0 Å². The maximum Gasteiger partial charge on any atom is 0.147 e. The molecule has 2 heterocycles. The second kappa shape index (κ2) is 7.82. The van der Waals surface area contributed by atoms with Gasteiger partial charge in [0.05, 0.1) is 24.3 Å². The van der Waals surface area contributed by atoms with Gasteiger partial charge in [0.1, 0.15) is 11.3 Å². The Labute approximate surface area is 172 Å². The van der Waals surface area contributed by atoms with Crippen molar-refractivity contribution in [2.24, 2.45) is 0 Å². The number of pyridine rings is 1. The molecule has 0 spiro atoms. The maximum atomic E-state index is 11.0. The molecule has 1 fully saturated rings. The smallest absolute Gasteiger partial charge is 0.147 e. The molecule has 1 aliphatic rings. The second-order valence-corrected chi connectivity index (χ2v) is 7.66. The minimum Gasteiger partial charge on any atom is -0.505 e. The molecule has 4 nitrogen and oxygen atoms in total. The van der Waals surface area contributed by atoms with Crippen LogP contribution in [0.15, 0.2) is 42.6 Å². The number of nitrogens with zero attached hydrogens (tertiary/aromatic N) is 2. The second-order valence-electron chi connectivity index (χ2n) is 6.41. The summed E-state index contributed by atoms with van der Waals surface area (Å²) in [4.78, 5) is 6.55. The average Bonchev–Trinajstić information content (AvgIpc) is 2.68. The Bertz CT molecular complexity index is 990. The van der Waals surface area contributed by atoms with E-state index < -0.39 is 0 Å². The monoisotopic (exact) mass is 422 g/mol. The average molecular weight is 424 g/mol. The Morgan fingerprint density at radius 2 is 1.78 bits per heavy atom. The highest BCUT2D eigenvalue weighted by atomic mass is 35.5. The van der Waals surface area contributed by atoms with Gasteiger partial charge < -0.3 is 9.84 Å². The summed E-state index contributed by atoms with van der Waals surface area (Å²) in [6, 6.07) is 10.5. The molecule has 4 rings (SSSR count). The Morgan fingerprint density at radius 3 is 2.52 bits per heavy atom. The molecule has 1 N–H and O–H groups in total. The SMILES string of the molecule is Oc1c([C@@H](c2ccc(Cl)cc2Cl)N2CCOCC2)cc(Cl)c2cccnc12. The van der Waals surface area contributed by atoms with E-state index in [2.05, 4.69) is 9.88 Å². The highest BCUT2D eigenvalue weighted by Crippen LogP contribution is 2.43. The molecule has 1 atom stereocenters. The zero-order valence-electron chi connectivity index (χ0n) is 14.3. The van der Waals surface area contributed by atoms with E-state index in [1.807, 2.05) is 12.1 Å². The summed E-state index contributed by atoms with van der Waals surface area (Å²) in [6.45, 7) is 2.64. The minimum atomic E-state index is -0.289. The van der Waals surface area contributed by atoms with E-state index >= 15 is 0 Å². The van der Waals surface area contributed by atoms with Gasteiger partial charge in [-0.2, -0.15) is 0 Å². The quantitative estimate of drug-likeness (QED) is 0.619. The Kier molecular flexibility index (Phi) is 5.44. The molecule has 3 aromatic rings. The minimum absolute atomic E-state index is 0.109. The van der Waals surface area contributed by atoms with Crippen LogP contribution in [0.2, 0.25) is 15.1 Å². The number of hydrogen-bond acceptors (Lipinski definition) is 4. The van der Waals surface area contributed by atoms with Crippen LogP contribution in [0.25, 0.3) is 10.9 Å². The maximum absolute atomic E-state index is 11.0. The number of phenols is 1. The van der Waals surface area contributed by atoms with Crippen LogP contribution in [-0.4, -0.2) is 41.3 Å². The number of aromatic hydroxyl groups is 1. The first-order chi connectivity index (χ1) is 13.1. The van der Waals surface area contributed by atoms with Crippen molar-refractivity contribution in [2.45, 2.75) is 6.04 Å². The van der Waals surface area contributed by atoms with Crippen LogP contribution in [-0.2, 0) is 4.74 Å². The van der Waals surface area contributed by atoms with Crippen LogP contribution in [0, 0.1) is 0 Å². The first kappa shape index (κ1) is 18.8. The number of benzene rings is 2. The van der Waals surface area contributed by atoms with Crippen LogP contribution in [0.3, 0.4) is 0 Å². The summed E-state index contributed by atoms with van der Waals surface area (Å²) < 4.78 is 5.50. The van der Waals surface area contributed by atoms with Crippen LogP contribution >= 0.6 is 34.8 Å². The van der Waals surface area contributed by atoms with Crippen molar-refractivity contribution in [3.05, 3.63) is 68.8 Å². The number of hydrogen-bond donors (Lipinski definition) is 1. The zero-order valence-corrected chi connectivity index (χ0v) is 16.6. The van der Waals surface area contributed by atoms with Gasteiger partial charge in [-0.05, 0) is 35.9 Å². The third kappa shape index (κ3) is 3.60. The molecule has 27 heavy (non-hydrogen) atoms. The molecule has 1 saturated heterocycles. The fourth-order valence-electron chi connectivity index (χ4n) is 3.53. The third-order valence-corrected chi connectivity index (χ3v) is 5.68. The molecule has 7 heteroatoms. The standard InChI is InChI=1S/C20H17Cl3N2O2/c21-12-3-4-14(16(22)10-12)19(25-6-8-27-9-7-25)15-11-17(23)13-2-1-5-24-18(13)20(15)26/h1-5,10-11,19,26H,6-9H2/t19-/m1/s1. The lowest BCUT2D eigenvalue weighted by Crippen LogP contribution is -2.39. The molecule has 0 unspecified atom stereocenters. The van der Waals surface area contributed by atoms with E-state index in [-0.39, 0.29) is 11.8 Å². The van der Waals surface area contributed by atoms with Crippen molar-refractivity contribution in [2.75, 3.05) is 26.3 Å². The van der Waals surface area contributed by atoms with E-state index in [0.29, 0.717) is 57.8 Å². The topological polar surface area (TPSA) is 45.6 Å². The summed E-state index contributed by atoms with van der Waals surface area (Å²) in [6.07, 6.45) is 1.64. The molecule has 0 saturated carbocycles. The normalized spacial score (nSPS) is 16.6. The molecular weight excluding hydrogens is 407 g/mol. The molecule has 0 radical (unpaired) electrons. The van der Waals surface area contributed by atoms with Gasteiger partial charge in [0.15, 0.2) is 0 Å². The molecular formula is C20H17Cl3N2O2. The molecule has 0 aliphatic carbocycles. The summed E-state index contributed by atoms with van der Waals surface area (Å²) in [5.74, 6) is 0.109. The predicted octanol–water partition coefficient (Wildman–Crippen LogP) is 5.32. The molecule has 0 amide bonds. The highest BCUT2D eigenvalue weighted by Gasteiger charge is 2.30. The number of morpholine rings is 1. The Balaban J connectivity index is 1.93. The van der Waals surface area contributed by atoms with Gasteiger partial charge in [-0.15, -0.1) is 0 Å². The summed E-state index contributed by atoms with van der Waals surface area (Å²) in [5.41, 5.74) is 1.99. The van der Waals surface area contributed by atoms with Crippen LogP contribution < -0.4 is 0 Å². The number of fused-ring (bicyclic) bond motifs is 1. The van der Waals surface area contributed by atoms with Crippen molar-refractivity contribution in [1.82, 2.24) is 9.88 Å². The molecule has 0 bridgehead atoms. The summed E-state index contributed by atoms with van der Waals surface area (Å²) in [5, 5.41) is 13.4. The molecule has 2 aromatic carbocycles. The largest absolute Gasteiger partial charge is 0.505 e. The zero-order chi connectivity index (χ0) is 19.0. The van der Waals surface area contributed by atoms with E-state index in [4.69, 9.17) is 39.5 Å². The molecule has 1 aromatic heterocycles. The number of halogens is 3. The Morgan fingerprint density at radius 1 is 1.00 bits per heavy atom. The number of ether oxygens (including phenoxy) is 1. The van der Waals surface area contributed by atoms with E-state index in [9.17, 15) is 5.11 Å². The van der Waals surface area contributed by atoms with Gasteiger partial charge in [0.2, 0.25) is 0 Å². The fourth-order valence-corrected chi connectivity index (χ4v) is 4.32. The Hall–Kier alpha value is -1.56. The lowest BCUT2D eigenvalue weighted by Gasteiger charge is -2.36. The van der Waals surface area contributed by atoms with E-state index in [1.165, 1.54) is 0 Å². The fraction of sp³-hybridized carbons (Fsp3) is 0.250. The lowest BCUT2D eigenvalue weighted by atomic mass is 9.94. The predicted molar refractivity (Wildman–Crippen MR) is 109 cm³/mol. The first-order valence-corrected chi connectivity index (χ1v) is 9.72. The van der Waals surface area contributed by atoms with Crippen LogP contribution in [0.5, 0.6) is 5.75 Å². The third-order valence-electron chi connectivity index (χ3n) is 4.81. The van der Waals surface area contributed by atoms with E-state index in [1.54, 1.807) is 30.5 Å². The summed E-state index contributed by atoms with van der Waals surface area (Å²) >= 11 is 19.1. The van der Waals surface area contributed by atoms with Crippen molar-refractivity contribution >= 4 is 45.7 Å². The van der Waals surface area contributed by atoms with Crippen molar-refractivity contribution in [1.29, 1.82) is 0 Å². The van der Waals surface area contributed by atoms with Gasteiger partial charge >= 0.3 is 0 Å². The number of rotatable bonds is 3. The van der Waals surface area contributed by atoms with Gasteiger partial charge in [-0.1, -0.05) is 40.9 Å². The van der Waals surface area contributed by atoms with Crippen LogP contribution in [0.4, 0.5) is 0 Å². The van der Waals surface area contributed by atoms with Crippen molar-refractivity contribution < 1.29 is 9.84 Å². The highest BCUT2D eigenvalue weighted by molar-refractivity contribution is 6.36. The van der Waals surface area contributed by atoms with Crippen molar-refractivity contribution in [3.8, 4) is 5.75 Å². The van der Waals surface area contributed by atoms with Crippen LogP contribution in [0.1, 0.15) is 17.2 Å².